The molecule has 1 heterocycles. The predicted octanol–water partition coefficient (Wildman–Crippen LogP) is 2.36. The van der Waals surface area contributed by atoms with Crippen molar-refractivity contribution < 1.29 is 9.47 Å². The van der Waals surface area contributed by atoms with E-state index in [1.54, 1.807) is 7.11 Å². The molecule has 0 saturated carbocycles. The molecule has 1 aliphatic heterocycles. The Morgan fingerprint density at radius 3 is 2.76 bits per heavy atom. The first-order valence-corrected chi connectivity index (χ1v) is 6.13. The van der Waals surface area contributed by atoms with Gasteiger partial charge in [0.15, 0.2) is 0 Å². The van der Waals surface area contributed by atoms with Crippen molar-refractivity contribution in [3.8, 4) is 5.75 Å². The molecule has 1 aromatic carbocycles. The lowest BCUT2D eigenvalue weighted by atomic mass is 9.96. The molecular weight excluding hydrogens is 214 g/mol. The van der Waals surface area contributed by atoms with Crippen molar-refractivity contribution in [1.29, 1.82) is 0 Å². The van der Waals surface area contributed by atoms with Crippen molar-refractivity contribution in [2.24, 2.45) is 0 Å². The average molecular weight is 235 g/mol. The molecule has 1 N–H and O–H groups in total. The van der Waals surface area contributed by atoms with Crippen molar-refractivity contribution in [3.63, 3.8) is 0 Å². The topological polar surface area (TPSA) is 30.5 Å². The third-order valence-electron chi connectivity index (χ3n) is 3.28. The van der Waals surface area contributed by atoms with Gasteiger partial charge in [-0.3, -0.25) is 0 Å². The standard InChI is InChI=1S/C14H21NO2/c1-9-7-10(2)13(16-4)12(8-9)14-11(3)15-5-6-17-14/h7-8,11,14-15H,5-6H2,1-4H3. The maximum Gasteiger partial charge on any atom is 0.127 e. The van der Waals surface area contributed by atoms with Crippen LogP contribution in [0.3, 0.4) is 0 Å². The SMILES string of the molecule is COc1c(C)cc(C)cc1C1OCCNC1C. The minimum Gasteiger partial charge on any atom is -0.496 e. The lowest BCUT2D eigenvalue weighted by Gasteiger charge is -2.32. The minimum atomic E-state index is 0.0808. The molecule has 3 heteroatoms. The van der Waals surface area contributed by atoms with E-state index in [-0.39, 0.29) is 6.10 Å². The highest BCUT2D eigenvalue weighted by Crippen LogP contribution is 2.34. The summed E-state index contributed by atoms with van der Waals surface area (Å²) < 4.78 is 11.4. The molecule has 0 aliphatic carbocycles. The van der Waals surface area contributed by atoms with Gasteiger partial charge in [-0.05, 0) is 32.4 Å². The van der Waals surface area contributed by atoms with Gasteiger partial charge >= 0.3 is 0 Å². The number of morpholine rings is 1. The second-order valence-electron chi connectivity index (χ2n) is 4.74. The van der Waals surface area contributed by atoms with Gasteiger partial charge in [-0.2, -0.15) is 0 Å². The first kappa shape index (κ1) is 12.4. The van der Waals surface area contributed by atoms with E-state index in [0.29, 0.717) is 6.04 Å². The van der Waals surface area contributed by atoms with Crippen LogP contribution in [0.1, 0.15) is 29.7 Å². The fourth-order valence-corrected chi connectivity index (χ4v) is 2.56. The third kappa shape index (κ3) is 2.45. The lowest BCUT2D eigenvalue weighted by Crippen LogP contribution is -2.41. The number of rotatable bonds is 2. The van der Waals surface area contributed by atoms with E-state index >= 15 is 0 Å². The fourth-order valence-electron chi connectivity index (χ4n) is 2.56. The van der Waals surface area contributed by atoms with Crippen molar-refractivity contribution in [2.45, 2.75) is 32.9 Å². The van der Waals surface area contributed by atoms with Crippen LogP contribution >= 0.6 is 0 Å². The average Bonchev–Trinajstić information content (AvgIpc) is 2.28. The number of benzene rings is 1. The van der Waals surface area contributed by atoms with Crippen molar-refractivity contribution in [1.82, 2.24) is 5.32 Å². The highest BCUT2D eigenvalue weighted by Gasteiger charge is 2.26. The van der Waals surface area contributed by atoms with E-state index in [9.17, 15) is 0 Å². The van der Waals surface area contributed by atoms with Crippen LogP contribution in [0.2, 0.25) is 0 Å². The van der Waals surface area contributed by atoms with Gasteiger partial charge in [-0.25, -0.2) is 0 Å². The largest absolute Gasteiger partial charge is 0.496 e. The van der Waals surface area contributed by atoms with E-state index in [1.807, 2.05) is 0 Å². The van der Waals surface area contributed by atoms with Crippen molar-refractivity contribution in [3.05, 3.63) is 28.8 Å². The molecule has 17 heavy (non-hydrogen) atoms. The van der Waals surface area contributed by atoms with Crippen LogP contribution < -0.4 is 10.1 Å². The summed E-state index contributed by atoms with van der Waals surface area (Å²) in [5.74, 6) is 0.955. The molecule has 0 spiro atoms. The molecule has 2 rings (SSSR count). The molecule has 94 valence electrons. The number of nitrogens with one attached hydrogen (secondary N) is 1. The van der Waals surface area contributed by atoms with E-state index < -0.39 is 0 Å². The second-order valence-corrected chi connectivity index (χ2v) is 4.74. The molecule has 0 amide bonds. The van der Waals surface area contributed by atoms with E-state index in [2.05, 4.69) is 38.2 Å². The van der Waals surface area contributed by atoms with E-state index in [4.69, 9.17) is 9.47 Å². The Balaban J connectivity index is 2.42. The van der Waals surface area contributed by atoms with Gasteiger partial charge < -0.3 is 14.8 Å². The van der Waals surface area contributed by atoms with Gasteiger partial charge in [-0.1, -0.05) is 11.6 Å². The van der Waals surface area contributed by atoms with Crippen LogP contribution in [0, 0.1) is 13.8 Å². The molecule has 0 bridgehead atoms. The molecule has 3 nitrogen and oxygen atoms in total. The molecule has 1 saturated heterocycles. The zero-order valence-corrected chi connectivity index (χ0v) is 11.0. The summed E-state index contributed by atoms with van der Waals surface area (Å²) >= 11 is 0. The third-order valence-corrected chi connectivity index (χ3v) is 3.28. The lowest BCUT2D eigenvalue weighted by molar-refractivity contribution is -0.00158. The van der Waals surface area contributed by atoms with Gasteiger partial charge in [0.05, 0.1) is 13.7 Å². The second kappa shape index (κ2) is 5.07. The van der Waals surface area contributed by atoms with E-state index in [0.717, 1.165) is 24.5 Å². The molecular formula is C14H21NO2. The van der Waals surface area contributed by atoms with Gasteiger partial charge in [-0.15, -0.1) is 0 Å². The number of hydrogen-bond acceptors (Lipinski definition) is 3. The molecule has 2 atom stereocenters. The Bertz CT molecular complexity index is 403. The summed E-state index contributed by atoms with van der Waals surface area (Å²) in [5, 5.41) is 3.44. The summed E-state index contributed by atoms with van der Waals surface area (Å²) in [5.41, 5.74) is 3.58. The normalized spacial score (nSPS) is 24.7. The minimum absolute atomic E-state index is 0.0808. The Labute approximate surface area is 103 Å². The Morgan fingerprint density at radius 2 is 2.12 bits per heavy atom. The number of methoxy groups -OCH3 is 1. The monoisotopic (exact) mass is 235 g/mol. The highest BCUT2D eigenvalue weighted by atomic mass is 16.5. The first-order valence-electron chi connectivity index (χ1n) is 6.13. The smallest absolute Gasteiger partial charge is 0.127 e. The van der Waals surface area contributed by atoms with Gasteiger partial charge in [0, 0.05) is 18.2 Å². The fraction of sp³-hybridized carbons (Fsp3) is 0.571. The highest BCUT2D eigenvalue weighted by molar-refractivity contribution is 5.45. The Kier molecular flexibility index (Phi) is 3.69. The number of hydrogen-bond donors (Lipinski definition) is 1. The molecule has 0 aromatic heterocycles. The van der Waals surface area contributed by atoms with E-state index in [1.165, 1.54) is 11.1 Å². The summed E-state index contributed by atoms with van der Waals surface area (Å²) in [6.07, 6.45) is 0.0808. The summed E-state index contributed by atoms with van der Waals surface area (Å²) in [6.45, 7) is 8.02. The number of aryl methyl sites for hydroxylation is 2. The van der Waals surface area contributed by atoms with Gasteiger partial charge in [0.2, 0.25) is 0 Å². The predicted molar refractivity (Wildman–Crippen MR) is 68.6 cm³/mol. The van der Waals surface area contributed by atoms with Crippen LogP contribution in [-0.2, 0) is 4.74 Å². The summed E-state index contributed by atoms with van der Waals surface area (Å²) in [4.78, 5) is 0. The van der Waals surface area contributed by atoms with Crippen LogP contribution in [0.4, 0.5) is 0 Å². The van der Waals surface area contributed by atoms with Crippen molar-refractivity contribution >= 4 is 0 Å². The Hall–Kier alpha value is -1.06. The van der Waals surface area contributed by atoms with Gasteiger partial charge in [0.1, 0.15) is 11.9 Å². The molecule has 1 fully saturated rings. The zero-order chi connectivity index (χ0) is 12.4. The Morgan fingerprint density at radius 1 is 1.35 bits per heavy atom. The molecule has 1 aromatic rings. The maximum atomic E-state index is 5.89. The quantitative estimate of drug-likeness (QED) is 0.853. The summed E-state index contributed by atoms with van der Waals surface area (Å²) in [6, 6.07) is 4.63. The van der Waals surface area contributed by atoms with Crippen LogP contribution in [0.25, 0.3) is 0 Å². The molecule has 0 radical (unpaired) electrons. The zero-order valence-electron chi connectivity index (χ0n) is 11.0. The van der Waals surface area contributed by atoms with Crippen LogP contribution in [0.15, 0.2) is 12.1 Å². The van der Waals surface area contributed by atoms with Gasteiger partial charge in [0.25, 0.3) is 0 Å². The summed E-state index contributed by atoms with van der Waals surface area (Å²) in [7, 11) is 1.72. The first-order chi connectivity index (χ1) is 8.13. The number of ether oxygens (including phenoxy) is 2. The van der Waals surface area contributed by atoms with Crippen molar-refractivity contribution in [2.75, 3.05) is 20.3 Å². The molecule has 2 unspecified atom stereocenters. The molecule has 1 aliphatic rings. The van der Waals surface area contributed by atoms with Crippen LogP contribution in [0.5, 0.6) is 5.75 Å². The van der Waals surface area contributed by atoms with Crippen LogP contribution in [-0.4, -0.2) is 26.3 Å². The maximum absolute atomic E-state index is 5.89.